The first kappa shape index (κ1) is 12.2. The average molecular weight is 185 g/mol. The molecule has 0 aliphatic carbocycles. The SMILES string of the molecule is C=C(C(=O)OCC)C(N)(CC)CC. The Morgan fingerprint density at radius 2 is 1.85 bits per heavy atom. The van der Waals surface area contributed by atoms with Crippen LogP contribution in [0.2, 0.25) is 0 Å². The van der Waals surface area contributed by atoms with E-state index in [4.69, 9.17) is 10.5 Å². The zero-order chi connectivity index (χ0) is 10.5. The van der Waals surface area contributed by atoms with Gasteiger partial charge in [-0.05, 0) is 19.8 Å². The van der Waals surface area contributed by atoms with Crippen molar-refractivity contribution < 1.29 is 9.53 Å². The molecule has 0 unspecified atom stereocenters. The van der Waals surface area contributed by atoms with Crippen LogP contribution in [0.3, 0.4) is 0 Å². The number of ether oxygens (including phenoxy) is 1. The summed E-state index contributed by atoms with van der Waals surface area (Å²) in [6.45, 7) is 9.69. The zero-order valence-electron chi connectivity index (χ0n) is 8.72. The van der Waals surface area contributed by atoms with Gasteiger partial charge in [-0.25, -0.2) is 4.79 Å². The maximum Gasteiger partial charge on any atom is 0.335 e. The van der Waals surface area contributed by atoms with Gasteiger partial charge in [0.25, 0.3) is 0 Å². The third-order valence-electron chi connectivity index (χ3n) is 2.38. The second kappa shape index (κ2) is 5.02. The van der Waals surface area contributed by atoms with Gasteiger partial charge in [-0.2, -0.15) is 0 Å². The van der Waals surface area contributed by atoms with Gasteiger partial charge in [0.05, 0.1) is 6.61 Å². The number of carbonyl (C=O) groups excluding carboxylic acids is 1. The number of rotatable bonds is 5. The molecule has 0 fully saturated rings. The summed E-state index contributed by atoms with van der Waals surface area (Å²) in [5, 5.41) is 0. The van der Waals surface area contributed by atoms with E-state index in [0.717, 1.165) is 0 Å². The molecular weight excluding hydrogens is 166 g/mol. The van der Waals surface area contributed by atoms with Crippen LogP contribution in [-0.2, 0) is 9.53 Å². The molecule has 0 bridgehead atoms. The standard InChI is InChI=1S/C10H19NO2/c1-5-10(11,6-2)8(4)9(12)13-7-3/h4-7,11H2,1-3H3. The predicted molar refractivity (Wildman–Crippen MR) is 53.3 cm³/mol. The van der Waals surface area contributed by atoms with Gasteiger partial charge < -0.3 is 10.5 Å². The van der Waals surface area contributed by atoms with Gasteiger partial charge in [0.1, 0.15) is 0 Å². The molecule has 0 rings (SSSR count). The molecule has 0 atom stereocenters. The van der Waals surface area contributed by atoms with Crippen molar-refractivity contribution >= 4 is 5.97 Å². The van der Waals surface area contributed by atoms with Gasteiger partial charge in [0, 0.05) is 11.1 Å². The molecule has 0 amide bonds. The van der Waals surface area contributed by atoms with Crippen molar-refractivity contribution in [3.63, 3.8) is 0 Å². The molecule has 2 N–H and O–H groups in total. The molecule has 0 heterocycles. The van der Waals surface area contributed by atoms with E-state index in [1.807, 2.05) is 13.8 Å². The molecule has 0 saturated carbocycles. The molecule has 0 aromatic heterocycles. The van der Waals surface area contributed by atoms with E-state index >= 15 is 0 Å². The molecule has 76 valence electrons. The van der Waals surface area contributed by atoms with Crippen LogP contribution in [0.5, 0.6) is 0 Å². The van der Waals surface area contributed by atoms with Crippen LogP contribution in [0.15, 0.2) is 12.2 Å². The molecule has 0 spiro atoms. The first-order chi connectivity index (χ1) is 6.01. The van der Waals surface area contributed by atoms with Gasteiger partial charge in [-0.15, -0.1) is 0 Å². The lowest BCUT2D eigenvalue weighted by Crippen LogP contribution is -2.43. The fourth-order valence-corrected chi connectivity index (χ4v) is 1.10. The number of hydrogen-bond acceptors (Lipinski definition) is 3. The van der Waals surface area contributed by atoms with Crippen LogP contribution in [0.25, 0.3) is 0 Å². The number of esters is 1. The van der Waals surface area contributed by atoms with Gasteiger partial charge >= 0.3 is 5.97 Å². The minimum atomic E-state index is -0.605. The smallest absolute Gasteiger partial charge is 0.335 e. The van der Waals surface area contributed by atoms with E-state index in [-0.39, 0.29) is 5.97 Å². The molecule has 0 radical (unpaired) electrons. The van der Waals surface area contributed by atoms with Crippen molar-refractivity contribution in [2.75, 3.05) is 6.61 Å². The third-order valence-corrected chi connectivity index (χ3v) is 2.38. The minimum Gasteiger partial charge on any atom is -0.463 e. The van der Waals surface area contributed by atoms with Gasteiger partial charge in [0.2, 0.25) is 0 Å². The van der Waals surface area contributed by atoms with Gasteiger partial charge in [-0.1, -0.05) is 20.4 Å². The Bertz CT molecular complexity index is 195. The Kier molecular flexibility index (Phi) is 4.70. The van der Waals surface area contributed by atoms with Crippen LogP contribution in [-0.4, -0.2) is 18.1 Å². The zero-order valence-corrected chi connectivity index (χ0v) is 8.72. The summed E-state index contributed by atoms with van der Waals surface area (Å²) in [5.74, 6) is -0.381. The monoisotopic (exact) mass is 185 g/mol. The highest BCUT2D eigenvalue weighted by atomic mass is 16.5. The number of nitrogens with two attached hydrogens (primary N) is 1. The molecule has 0 aliphatic heterocycles. The highest BCUT2D eigenvalue weighted by Crippen LogP contribution is 2.21. The van der Waals surface area contributed by atoms with Crippen LogP contribution in [0.4, 0.5) is 0 Å². The molecule has 0 aromatic rings. The van der Waals surface area contributed by atoms with Crippen LogP contribution >= 0.6 is 0 Å². The quantitative estimate of drug-likeness (QED) is 0.523. The first-order valence-corrected chi connectivity index (χ1v) is 4.67. The lowest BCUT2D eigenvalue weighted by atomic mass is 9.86. The summed E-state index contributed by atoms with van der Waals surface area (Å²) in [5.41, 5.74) is 5.74. The summed E-state index contributed by atoms with van der Waals surface area (Å²) in [7, 11) is 0. The summed E-state index contributed by atoms with van der Waals surface area (Å²) in [4.78, 5) is 11.3. The van der Waals surface area contributed by atoms with Gasteiger partial charge in [-0.3, -0.25) is 0 Å². The van der Waals surface area contributed by atoms with E-state index < -0.39 is 5.54 Å². The summed E-state index contributed by atoms with van der Waals surface area (Å²) in [6, 6.07) is 0. The van der Waals surface area contributed by atoms with Crippen LogP contribution in [0.1, 0.15) is 33.6 Å². The Hall–Kier alpha value is -0.830. The fourth-order valence-electron chi connectivity index (χ4n) is 1.10. The molecule has 3 nitrogen and oxygen atoms in total. The van der Waals surface area contributed by atoms with Crippen molar-refractivity contribution in [1.82, 2.24) is 0 Å². The van der Waals surface area contributed by atoms with E-state index in [1.54, 1.807) is 6.92 Å². The maximum atomic E-state index is 11.3. The second-order valence-electron chi connectivity index (χ2n) is 3.06. The van der Waals surface area contributed by atoms with Crippen molar-refractivity contribution in [2.45, 2.75) is 39.2 Å². The molecule has 0 aliphatic rings. The Morgan fingerprint density at radius 3 is 2.15 bits per heavy atom. The molecule has 0 aromatic carbocycles. The van der Waals surface area contributed by atoms with Crippen molar-refractivity contribution in [3.8, 4) is 0 Å². The largest absolute Gasteiger partial charge is 0.463 e. The average Bonchev–Trinajstić information content (AvgIpc) is 2.16. The summed E-state index contributed by atoms with van der Waals surface area (Å²) >= 11 is 0. The highest BCUT2D eigenvalue weighted by molar-refractivity contribution is 5.90. The Morgan fingerprint density at radius 1 is 1.38 bits per heavy atom. The normalized spacial score (nSPS) is 11.1. The van der Waals surface area contributed by atoms with Gasteiger partial charge in [0.15, 0.2) is 0 Å². The molecule has 13 heavy (non-hydrogen) atoms. The Labute approximate surface area is 79.9 Å². The van der Waals surface area contributed by atoms with E-state index in [9.17, 15) is 4.79 Å². The van der Waals surface area contributed by atoms with Crippen LogP contribution in [0, 0.1) is 0 Å². The molecule has 3 heteroatoms. The maximum absolute atomic E-state index is 11.3. The van der Waals surface area contributed by atoms with E-state index in [2.05, 4.69) is 6.58 Å². The Balaban J connectivity index is 4.46. The lowest BCUT2D eigenvalue weighted by Gasteiger charge is -2.27. The van der Waals surface area contributed by atoms with Crippen molar-refractivity contribution in [2.24, 2.45) is 5.73 Å². The predicted octanol–water partition coefficient (Wildman–Crippen LogP) is 1.62. The van der Waals surface area contributed by atoms with E-state index in [1.165, 1.54) is 0 Å². The van der Waals surface area contributed by atoms with Crippen molar-refractivity contribution in [3.05, 3.63) is 12.2 Å². The number of hydrogen-bond donors (Lipinski definition) is 1. The second-order valence-corrected chi connectivity index (χ2v) is 3.06. The fraction of sp³-hybridized carbons (Fsp3) is 0.700. The van der Waals surface area contributed by atoms with Crippen molar-refractivity contribution in [1.29, 1.82) is 0 Å². The summed E-state index contributed by atoms with van der Waals surface area (Å²) < 4.78 is 4.84. The highest BCUT2D eigenvalue weighted by Gasteiger charge is 2.29. The summed E-state index contributed by atoms with van der Waals surface area (Å²) in [6.07, 6.45) is 1.39. The topological polar surface area (TPSA) is 52.3 Å². The minimum absolute atomic E-state index is 0.362. The first-order valence-electron chi connectivity index (χ1n) is 4.67. The van der Waals surface area contributed by atoms with E-state index in [0.29, 0.717) is 25.0 Å². The number of carbonyl (C=O) groups is 1. The third kappa shape index (κ3) is 2.84. The lowest BCUT2D eigenvalue weighted by molar-refractivity contribution is -0.139. The molecular formula is C10H19NO2. The van der Waals surface area contributed by atoms with Crippen LogP contribution < -0.4 is 5.73 Å². The molecule has 0 saturated heterocycles.